The molecule has 0 aliphatic carbocycles. The van der Waals surface area contributed by atoms with Crippen molar-refractivity contribution < 1.29 is 22.6 Å². The van der Waals surface area contributed by atoms with Crippen LogP contribution in [-0.2, 0) is 11.3 Å². The number of aromatic nitrogens is 2. The number of hydrogen-bond donors (Lipinski definition) is 1. The first kappa shape index (κ1) is 18.6. The molecule has 1 aromatic heterocycles. The van der Waals surface area contributed by atoms with Crippen LogP contribution in [0.5, 0.6) is 5.75 Å². The molecule has 0 bridgehead atoms. The summed E-state index contributed by atoms with van der Waals surface area (Å²) >= 11 is 0. The van der Waals surface area contributed by atoms with Gasteiger partial charge in [0.1, 0.15) is 5.75 Å². The SMILES string of the molecule is FC(F)(F)Oc1cccc(Cn2c(NC3CCOCC3)nc3ccccc32)c1. The van der Waals surface area contributed by atoms with E-state index in [4.69, 9.17) is 4.74 Å². The van der Waals surface area contributed by atoms with Crippen LogP contribution in [0.3, 0.4) is 0 Å². The average Bonchev–Trinajstić information content (AvgIpc) is 2.99. The van der Waals surface area contributed by atoms with Crippen molar-refractivity contribution in [2.45, 2.75) is 31.8 Å². The number of hydrogen-bond acceptors (Lipinski definition) is 4. The molecule has 0 atom stereocenters. The molecular weight excluding hydrogens is 371 g/mol. The van der Waals surface area contributed by atoms with Crippen molar-refractivity contribution in [2.24, 2.45) is 0 Å². The molecule has 0 saturated carbocycles. The fourth-order valence-electron chi connectivity index (χ4n) is 3.39. The highest BCUT2D eigenvalue weighted by molar-refractivity contribution is 5.78. The molecule has 2 heterocycles. The molecule has 5 nitrogen and oxygen atoms in total. The maximum Gasteiger partial charge on any atom is 0.573 e. The van der Waals surface area contributed by atoms with E-state index in [2.05, 4.69) is 15.0 Å². The van der Waals surface area contributed by atoms with Gasteiger partial charge >= 0.3 is 6.36 Å². The fourth-order valence-corrected chi connectivity index (χ4v) is 3.39. The molecule has 1 aliphatic rings. The zero-order valence-corrected chi connectivity index (χ0v) is 15.1. The third kappa shape index (κ3) is 4.39. The summed E-state index contributed by atoms with van der Waals surface area (Å²) in [5.74, 6) is 0.476. The number of nitrogens with zero attached hydrogens (tertiary/aromatic N) is 2. The molecular formula is C20H20F3N3O2. The van der Waals surface area contributed by atoms with Gasteiger partial charge in [0.15, 0.2) is 0 Å². The zero-order chi connectivity index (χ0) is 19.6. The number of halogens is 3. The lowest BCUT2D eigenvalue weighted by atomic mass is 10.1. The Morgan fingerprint density at radius 2 is 1.89 bits per heavy atom. The molecule has 1 N–H and O–H groups in total. The Labute approximate surface area is 160 Å². The predicted octanol–water partition coefficient (Wildman–Crippen LogP) is 4.57. The van der Waals surface area contributed by atoms with E-state index in [0.29, 0.717) is 31.3 Å². The largest absolute Gasteiger partial charge is 0.573 e. The molecule has 4 rings (SSSR count). The molecule has 1 saturated heterocycles. The maximum absolute atomic E-state index is 12.5. The Morgan fingerprint density at radius 3 is 2.68 bits per heavy atom. The predicted molar refractivity (Wildman–Crippen MR) is 99.4 cm³/mol. The summed E-state index contributed by atoms with van der Waals surface area (Å²) in [6.07, 6.45) is -2.94. The number of para-hydroxylation sites is 2. The topological polar surface area (TPSA) is 48.3 Å². The van der Waals surface area contributed by atoms with E-state index in [0.717, 1.165) is 23.9 Å². The molecule has 1 aliphatic heterocycles. The molecule has 148 valence electrons. The minimum absolute atomic E-state index is 0.228. The first-order chi connectivity index (χ1) is 13.5. The van der Waals surface area contributed by atoms with E-state index in [1.165, 1.54) is 12.1 Å². The summed E-state index contributed by atoms with van der Waals surface area (Å²) in [4.78, 5) is 4.68. The Balaban J connectivity index is 1.63. The summed E-state index contributed by atoms with van der Waals surface area (Å²) in [6, 6.07) is 14.0. The van der Waals surface area contributed by atoms with Crippen molar-refractivity contribution in [3.63, 3.8) is 0 Å². The van der Waals surface area contributed by atoms with E-state index in [1.54, 1.807) is 12.1 Å². The molecule has 2 aromatic carbocycles. The number of rotatable bonds is 5. The van der Waals surface area contributed by atoms with Crippen LogP contribution in [0.1, 0.15) is 18.4 Å². The van der Waals surface area contributed by atoms with E-state index in [9.17, 15) is 13.2 Å². The summed E-state index contributed by atoms with van der Waals surface area (Å²) in [6.45, 7) is 1.78. The monoisotopic (exact) mass is 391 g/mol. The number of anilines is 1. The van der Waals surface area contributed by atoms with Crippen molar-refractivity contribution in [3.8, 4) is 5.75 Å². The van der Waals surface area contributed by atoms with Gasteiger partial charge in [0.05, 0.1) is 17.6 Å². The summed E-state index contributed by atoms with van der Waals surface area (Å²) in [5, 5.41) is 3.47. The lowest BCUT2D eigenvalue weighted by molar-refractivity contribution is -0.274. The summed E-state index contributed by atoms with van der Waals surface area (Å²) in [7, 11) is 0. The maximum atomic E-state index is 12.5. The van der Waals surface area contributed by atoms with Crippen molar-refractivity contribution >= 4 is 17.0 Å². The number of ether oxygens (including phenoxy) is 2. The minimum atomic E-state index is -4.71. The third-order valence-corrected chi connectivity index (χ3v) is 4.68. The molecule has 1 fully saturated rings. The lowest BCUT2D eigenvalue weighted by Gasteiger charge is -2.24. The van der Waals surface area contributed by atoms with Gasteiger partial charge in [-0.15, -0.1) is 13.2 Å². The van der Waals surface area contributed by atoms with Gasteiger partial charge in [-0.1, -0.05) is 24.3 Å². The molecule has 8 heteroatoms. The van der Waals surface area contributed by atoms with Gasteiger partial charge in [0, 0.05) is 19.3 Å². The number of benzene rings is 2. The van der Waals surface area contributed by atoms with Crippen LogP contribution >= 0.6 is 0 Å². The standard InChI is InChI=1S/C20H20F3N3O2/c21-20(22,23)28-16-5-3-4-14(12-16)13-26-18-7-2-1-6-17(18)25-19(26)24-15-8-10-27-11-9-15/h1-7,12,15H,8-11,13H2,(H,24,25). The van der Waals surface area contributed by atoms with Gasteiger partial charge < -0.3 is 19.4 Å². The van der Waals surface area contributed by atoms with E-state index in [-0.39, 0.29) is 11.8 Å². The van der Waals surface area contributed by atoms with Gasteiger partial charge in [0.25, 0.3) is 0 Å². The zero-order valence-electron chi connectivity index (χ0n) is 15.1. The van der Waals surface area contributed by atoms with Crippen molar-refractivity contribution in [1.82, 2.24) is 9.55 Å². The van der Waals surface area contributed by atoms with Crippen LogP contribution in [0.4, 0.5) is 19.1 Å². The van der Waals surface area contributed by atoms with Crippen molar-refractivity contribution in [1.29, 1.82) is 0 Å². The molecule has 0 spiro atoms. The number of fused-ring (bicyclic) bond motifs is 1. The van der Waals surface area contributed by atoms with Crippen LogP contribution in [0.15, 0.2) is 48.5 Å². The fraction of sp³-hybridized carbons (Fsp3) is 0.350. The molecule has 0 amide bonds. The summed E-state index contributed by atoms with van der Waals surface area (Å²) in [5.41, 5.74) is 2.44. The normalized spacial score (nSPS) is 15.7. The van der Waals surface area contributed by atoms with Gasteiger partial charge in [-0.05, 0) is 42.7 Å². The second-order valence-electron chi connectivity index (χ2n) is 6.74. The highest BCUT2D eigenvalue weighted by Crippen LogP contribution is 2.26. The van der Waals surface area contributed by atoms with E-state index in [1.807, 2.05) is 28.8 Å². The second-order valence-corrected chi connectivity index (χ2v) is 6.74. The third-order valence-electron chi connectivity index (χ3n) is 4.68. The summed E-state index contributed by atoms with van der Waals surface area (Å²) < 4.78 is 49.0. The Hall–Kier alpha value is -2.74. The molecule has 0 radical (unpaired) electrons. The van der Waals surface area contributed by atoms with Crippen molar-refractivity contribution in [2.75, 3.05) is 18.5 Å². The first-order valence-electron chi connectivity index (χ1n) is 9.12. The highest BCUT2D eigenvalue weighted by Gasteiger charge is 2.31. The molecule has 0 unspecified atom stereocenters. The smallest absolute Gasteiger partial charge is 0.406 e. The minimum Gasteiger partial charge on any atom is -0.406 e. The van der Waals surface area contributed by atoms with Gasteiger partial charge in [-0.25, -0.2) is 4.98 Å². The van der Waals surface area contributed by atoms with E-state index >= 15 is 0 Å². The number of alkyl halides is 3. The van der Waals surface area contributed by atoms with Crippen LogP contribution in [0.25, 0.3) is 11.0 Å². The van der Waals surface area contributed by atoms with Crippen LogP contribution in [0.2, 0.25) is 0 Å². The van der Waals surface area contributed by atoms with Crippen LogP contribution < -0.4 is 10.1 Å². The quantitative estimate of drug-likeness (QED) is 0.692. The number of imidazole rings is 1. The van der Waals surface area contributed by atoms with Gasteiger partial charge in [-0.2, -0.15) is 0 Å². The van der Waals surface area contributed by atoms with Crippen molar-refractivity contribution in [3.05, 3.63) is 54.1 Å². The average molecular weight is 391 g/mol. The van der Waals surface area contributed by atoms with Crippen LogP contribution in [0, 0.1) is 0 Å². The molecule has 3 aromatic rings. The van der Waals surface area contributed by atoms with Gasteiger partial charge in [-0.3, -0.25) is 0 Å². The second kappa shape index (κ2) is 7.71. The van der Waals surface area contributed by atoms with E-state index < -0.39 is 6.36 Å². The molecule has 28 heavy (non-hydrogen) atoms. The van der Waals surface area contributed by atoms with Gasteiger partial charge in [0.2, 0.25) is 5.95 Å². The highest BCUT2D eigenvalue weighted by atomic mass is 19.4. The lowest BCUT2D eigenvalue weighted by Crippen LogP contribution is -2.29. The Kier molecular flexibility index (Phi) is 5.13. The van der Waals surface area contributed by atoms with Crippen LogP contribution in [-0.4, -0.2) is 35.2 Å². The Bertz CT molecular complexity index is 949. The Morgan fingerprint density at radius 1 is 1.11 bits per heavy atom. The number of nitrogens with one attached hydrogen (secondary N) is 1. The first-order valence-corrected chi connectivity index (χ1v) is 9.12.